The standard InChI is InChI=1S/C19H21N3O4/c23-16-7-6-15(17(24)20-16)22-11-13-10-12(4-5-14(13)19(22)26)18(25)21-8-2-1-3-9-21/h4-5,10,15H,1-3,6-9,11H2,(H,20,23,24). The molecule has 4 amide bonds. The molecule has 3 aliphatic heterocycles. The molecule has 3 aliphatic rings. The van der Waals surface area contributed by atoms with Crippen molar-refractivity contribution in [1.82, 2.24) is 15.1 Å². The second kappa shape index (κ2) is 6.55. The van der Waals surface area contributed by atoms with E-state index < -0.39 is 11.9 Å². The van der Waals surface area contributed by atoms with Gasteiger partial charge in [0, 0.05) is 37.2 Å². The van der Waals surface area contributed by atoms with Crippen LogP contribution in [0.4, 0.5) is 0 Å². The summed E-state index contributed by atoms with van der Waals surface area (Å²) < 4.78 is 0. The molecule has 0 radical (unpaired) electrons. The van der Waals surface area contributed by atoms with Gasteiger partial charge in [-0.25, -0.2) is 0 Å². The molecule has 4 rings (SSSR count). The maximum atomic E-state index is 12.7. The van der Waals surface area contributed by atoms with Crippen molar-refractivity contribution in [3.05, 3.63) is 34.9 Å². The number of rotatable bonds is 2. The molecule has 0 saturated carbocycles. The molecule has 3 heterocycles. The van der Waals surface area contributed by atoms with Crippen molar-refractivity contribution in [2.75, 3.05) is 13.1 Å². The van der Waals surface area contributed by atoms with Gasteiger partial charge in [-0.05, 0) is 49.4 Å². The van der Waals surface area contributed by atoms with Crippen LogP contribution in [0.3, 0.4) is 0 Å². The van der Waals surface area contributed by atoms with Gasteiger partial charge in [0.2, 0.25) is 11.8 Å². The smallest absolute Gasteiger partial charge is 0.255 e. The summed E-state index contributed by atoms with van der Waals surface area (Å²) in [6.45, 7) is 1.84. The number of nitrogens with zero attached hydrogens (tertiary/aromatic N) is 2. The number of carbonyl (C=O) groups is 4. The van der Waals surface area contributed by atoms with Gasteiger partial charge in [-0.3, -0.25) is 24.5 Å². The summed E-state index contributed by atoms with van der Waals surface area (Å²) in [5, 5.41) is 2.29. The molecule has 1 N–H and O–H groups in total. The SMILES string of the molecule is O=C1CCC(N2Cc3cc(C(=O)N4CCCCC4)ccc3C2=O)C(=O)N1. The molecule has 26 heavy (non-hydrogen) atoms. The van der Waals surface area contributed by atoms with Gasteiger partial charge in [0.1, 0.15) is 6.04 Å². The molecule has 7 heteroatoms. The number of likely N-dealkylation sites (tertiary alicyclic amines) is 1. The third kappa shape index (κ3) is 2.87. The Morgan fingerprint density at radius 1 is 1.08 bits per heavy atom. The molecule has 0 spiro atoms. The minimum absolute atomic E-state index is 0.000551. The number of hydrogen-bond acceptors (Lipinski definition) is 4. The van der Waals surface area contributed by atoms with Gasteiger partial charge in [0.15, 0.2) is 0 Å². The van der Waals surface area contributed by atoms with Crippen molar-refractivity contribution in [3.8, 4) is 0 Å². The lowest BCUT2D eigenvalue weighted by Gasteiger charge is -2.29. The van der Waals surface area contributed by atoms with Crippen LogP contribution in [0.5, 0.6) is 0 Å². The zero-order valence-corrected chi connectivity index (χ0v) is 14.5. The van der Waals surface area contributed by atoms with E-state index in [1.807, 2.05) is 4.90 Å². The van der Waals surface area contributed by atoms with Crippen LogP contribution in [0.15, 0.2) is 18.2 Å². The highest BCUT2D eigenvalue weighted by Gasteiger charge is 2.39. The number of nitrogens with one attached hydrogen (secondary N) is 1. The minimum atomic E-state index is -0.631. The topological polar surface area (TPSA) is 86.8 Å². The highest BCUT2D eigenvalue weighted by atomic mass is 16.2. The van der Waals surface area contributed by atoms with Crippen LogP contribution in [0.1, 0.15) is 58.4 Å². The van der Waals surface area contributed by atoms with Gasteiger partial charge in [0.05, 0.1) is 0 Å². The Morgan fingerprint density at radius 2 is 1.85 bits per heavy atom. The number of fused-ring (bicyclic) bond motifs is 1. The number of benzene rings is 1. The Bertz CT molecular complexity index is 798. The molecule has 1 aromatic carbocycles. The van der Waals surface area contributed by atoms with E-state index in [9.17, 15) is 19.2 Å². The monoisotopic (exact) mass is 355 g/mol. The van der Waals surface area contributed by atoms with Crippen molar-refractivity contribution in [1.29, 1.82) is 0 Å². The second-order valence-corrected chi connectivity index (χ2v) is 7.12. The normalized spacial score (nSPS) is 23.1. The first-order valence-corrected chi connectivity index (χ1v) is 9.11. The van der Waals surface area contributed by atoms with E-state index in [4.69, 9.17) is 0 Å². The van der Waals surface area contributed by atoms with E-state index in [-0.39, 0.29) is 24.1 Å². The fourth-order valence-electron chi connectivity index (χ4n) is 3.99. The summed E-state index contributed by atoms with van der Waals surface area (Å²) in [5.74, 6) is -0.942. The van der Waals surface area contributed by atoms with Gasteiger partial charge in [0.25, 0.3) is 11.8 Å². The molecule has 2 saturated heterocycles. The molecule has 7 nitrogen and oxygen atoms in total. The minimum Gasteiger partial charge on any atom is -0.339 e. The largest absolute Gasteiger partial charge is 0.339 e. The summed E-state index contributed by atoms with van der Waals surface area (Å²) in [4.78, 5) is 52.1. The van der Waals surface area contributed by atoms with Crippen molar-refractivity contribution in [3.63, 3.8) is 0 Å². The van der Waals surface area contributed by atoms with Crippen molar-refractivity contribution < 1.29 is 19.2 Å². The lowest BCUT2D eigenvalue weighted by molar-refractivity contribution is -0.136. The molecule has 136 valence electrons. The van der Waals surface area contributed by atoms with E-state index >= 15 is 0 Å². The molecule has 0 bridgehead atoms. The van der Waals surface area contributed by atoms with E-state index in [2.05, 4.69) is 5.32 Å². The Hall–Kier alpha value is -2.70. The van der Waals surface area contributed by atoms with Crippen LogP contribution in [-0.2, 0) is 16.1 Å². The Labute approximate surface area is 151 Å². The van der Waals surface area contributed by atoms with E-state index in [1.165, 1.54) is 4.90 Å². The van der Waals surface area contributed by atoms with Gasteiger partial charge >= 0.3 is 0 Å². The first-order valence-electron chi connectivity index (χ1n) is 9.11. The highest BCUT2D eigenvalue weighted by molar-refractivity contribution is 6.06. The van der Waals surface area contributed by atoms with Crippen LogP contribution < -0.4 is 5.32 Å². The van der Waals surface area contributed by atoms with Gasteiger partial charge in [-0.15, -0.1) is 0 Å². The Kier molecular flexibility index (Phi) is 4.22. The van der Waals surface area contributed by atoms with Crippen LogP contribution in [0.25, 0.3) is 0 Å². The van der Waals surface area contributed by atoms with Crippen LogP contribution in [0.2, 0.25) is 0 Å². The molecular formula is C19H21N3O4. The molecular weight excluding hydrogens is 334 g/mol. The molecule has 2 fully saturated rings. The summed E-state index contributed by atoms with van der Waals surface area (Å²) in [6, 6.07) is 4.52. The van der Waals surface area contributed by atoms with Crippen LogP contribution in [-0.4, -0.2) is 52.6 Å². The Morgan fingerprint density at radius 3 is 2.58 bits per heavy atom. The van der Waals surface area contributed by atoms with Crippen molar-refractivity contribution in [2.45, 2.75) is 44.7 Å². The molecule has 1 aromatic rings. The van der Waals surface area contributed by atoms with E-state index in [1.54, 1.807) is 18.2 Å². The average molecular weight is 355 g/mol. The van der Waals surface area contributed by atoms with Gasteiger partial charge in [-0.1, -0.05) is 0 Å². The number of carbonyl (C=O) groups excluding carboxylic acids is 4. The fourth-order valence-corrected chi connectivity index (χ4v) is 3.99. The zero-order valence-electron chi connectivity index (χ0n) is 14.5. The maximum absolute atomic E-state index is 12.7. The van der Waals surface area contributed by atoms with E-state index in [0.717, 1.165) is 37.9 Å². The van der Waals surface area contributed by atoms with Crippen molar-refractivity contribution >= 4 is 23.6 Å². The van der Waals surface area contributed by atoms with Crippen LogP contribution >= 0.6 is 0 Å². The zero-order chi connectivity index (χ0) is 18.3. The van der Waals surface area contributed by atoms with Gasteiger partial charge in [-0.2, -0.15) is 0 Å². The number of hydrogen-bond donors (Lipinski definition) is 1. The third-order valence-corrected chi connectivity index (χ3v) is 5.41. The number of imide groups is 1. The Balaban J connectivity index is 1.54. The third-order valence-electron chi connectivity index (χ3n) is 5.41. The molecule has 0 aliphatic carbocycles. The predicted octanol–water partition coefficient (Wildman–Crippen LogP) is 1.07. The van der Waals surface area contributed by atoms with Gasteiger partial charge < -0.3 is 9.80 Å². The fraction of sp³-hybridized carbons (Fsp3) is 0.474. The summed E-state index contributed by atoms with van der Waals surface area (Å²) in [7, 11) is 0. The first-order chi connectivity index (χ1) is 12.5. The lowest BCUT2D eigenvalue weighted by Crippen LogP contribution is -2.52. The van der Waals surface area contributed by atoms with Crippen molar-refractivity contribution in [2.24, 2.45) is 0 Å². The maximum Gasteiger partial charge on any atom is 0.255 e. The average Bonchev–Trinajstić information content (AvgIpc) is 2.98. The summed E-state index contributed by atoms with van der Waals surface area (Å²) >= 11 is 0. The van der Waals surface area contributed by atoms with E-state index in [0.29, 0.717) is 24.1 Å². The number of amides is 4. The summed E-state index contributed by atoms with van der Waals surface area (Å²) in [5.41, 5.74) is 1.89. The van der Waals surface area contributed by atoms with Crippen LogP contribution in [0, 0.1) is 0 Å². The first kappa shape index (κ1) is 16.8. The number of piperidine rings is 2. The predicted molar refractivity (Wildman–Crippen MR) is 92.2 cm³/mol. The highest BCUT2D eigenvalue weighted by Crippen LogP contribution is 2.28. The molecule has 1 atom stereocenters. The lowest BCUT2D eigenvalue weighted by atomic mass is 10.0. The second-order valence-electron chi connectivity index (χ2n) is 7.12. The molecule has 0 aromatic heterocycles. The molecule has 1 unspecified atom stereocenters. The quantitative estimate of drug-likeness (QED) is 0.804. The summed E-state index contributed by atoms with van der Waals surface area (Å²) in [6.07, 6.45) is 3.78.